The Morgan fingerprint density at radius 1 is 1.35 bits per heavy atom. The minimum Gasteiger partial charge on any atom is -0.454 e. The average Bonchev–Trinajstić information content (AvgIpc) is 2.73. The van der Waals surface area contributed by atoms with Gasteiger partial charge in [-0.1, -0.05) is 0 Å². The number of benzene rings is 1. The van der Waals surface area contributed by atoms with E-state index < -0.39 is 0 Å². The number of nitrogens with one attached hydrogen (secondary N) is 1. The van der Waals surface area contributed by atoms with Crippen molar-refractivity contribution in [2.45, 2.75) is 13.3 Å². The zero-order chi connectivity index (χ0) is 12.3. The van der Waals surface area contributed by atoms with Gasteiger partial charge in [-0.05, 0) is 43.7 Å². The lowest BCUT2D eigenvalue weighted by Gasteiger charge is -2.16. The number of fused-ring (bicyclic) bond motifs is 1. The molecule has 0 atom stereocenters. The second-order valence-electron chi connectivity index (χ2n) is 4.32. The molecule has 0 saturated carbocycles. The first kappa shape index (κ1) is 12.2. The smallest absolute Gasteiger partial charge is 0.231 e. The van der Waals surface area contributed by atoms with Gasteiger partial charge in [0.2, 0.25) is 6.79 Å². The fraction of sp³-hybridized carbons (Fsp3) is 0.500. The quantitative estimate of drug-likeness (QED) is 0.446. The van der Waals surface area contributed by atoms with Crippen molar-refractivity contribution in [3.63, 3.8) is 0 Å². The molecule has 0 aromatic heterocycles. The highest BCUT2D eigenvalue weighted by Crippen LogP contribution is 2.34. The van der Waals surface area contributed by atoms with E-state index in [4.69, 9.17) is 15.3 Å². The van der Waals surface area contributed by atoms with E-state index in [9.17, 15) is 0 Å². The van der Waals surface area contributed by atoms with Crippen molar-refractivity contribution < 1.29 is 9.47 Å². The number of nitrogens with zero attached hydrogens (tertiary/aromatic N) is 1. The first-order chi connectivity index (χ1) is 8.20. The molecule has 94 valence electrons. The van der Waals surface area contributed by atoms with E-state index in [-0.39, 0.29) is 0 Å². The number of hydrogen-bond acceptors (Lipinski definition) is 5. The molecule has 5 heteroatoms. The number of aryl methyl sites for hydroxylation is 1. The minimum absolute atomic E-state index is 0.329. The first-order valence-corrected chi connectivity index (χ1v) is 5.72. The van der Waals surface area contributed by atoms with Crippen LogP contribution in [0.25, 0.3) is 0 Å². The first-order valence-electron chi connectivity index (χ1n) is 5.72. The van der Waals surface area contributed by atoms with E-state index in [0.29, 0.717) is 13.5 Å². The SMILES string of the molecule is Cc1cc2c(cc1CCN(C)CNN)OCO2. The molecule has 0 unspecified atom stereocenters. The van der Waals surface area contributed by atoms with Crippen molar-refractivity contribution in [2.75, 3.05) is 27.1 Å². The van der Waals surface area contributed by atoms with Gasteiger partial charge in [0.25, 0.3) is 0 Å². The molecule has 2 rings (SSSR count). The second-order valence-corrected chi connectivity index (χ2v) is 4.32. The number of likely N-dealkylation sites (N-methyl/N-ethyl adjacent to an activating group) is 1. The van der Waals surface area contributed by atoms with Crippen LogP contribution in [0.3, 0.4) is 0 Å². The maximum Gasteiger partial charge on any atom is 0.231 e. The van der Waals surface area contributed by atoms with Gasteiger partial charge < -0.3 is 9.47 Å². The molecule has 1 heterocycles. The predicted octanol–water partition coefficient (Wildman–Crippen LogP) is 0.619. The molecule has 0 spiro atoms. The fourth-order valence-electron chi connectivity index (χ4n) is 1.90. The van der Waals surface area contributed by atoms with Crippen LogP contribution in [0.1, 0.15) is 11.1 Å². The van der Waals surface area contributed by atoms with Gasteiger partial charge in [-0.3, -0.25) is 10.7 Å². The van der Waals surface area contributed by atoms with Gasteiger partial charge in [-0.25, -0.2) is 5.43 Å². The van der Waals surface area contributed by atoms with Gasteiger partial charge in [0.15, 0.2) is 11.5 Å². The Hall–Kier alpha value is -1.30. The Balaban J connectivity index is 2.01. The summed E-state index contributed by atoms with van der Waals surface area (Å²) in [5.74, 6) is 6.98. The molecule has 0 amide bonds. The van der Waals surface area contributed by atoms with Crippen LogP contribution in [0.4, 0.5) is 0 Å². The molecule has 0 saturated heterocycles. The summed E-state index contributed by atoms with van der Waals surface area (Å²) in [6.07, 6.45) is 0.973. The van der Waals surface area contributed by atoms with E-state index in [1.807, 2.05) is 13.1 Å². The topological polar surface area (TPSA) is 59.8 Å². The zero-order valence-corrected chi connectivity index (χ0v) is 10.3. The standard InChI is InChI=1S/C12H19N3O2/c1-9-5-11-12(17-8-16-11)6-10(9)3-4-15(2)7-14-13/h5-6,14H,3-4,7-8,13H2,1-2H3. The highest BCUT2D eigenvalue weighted by atomic mass is 16.7. The predicted molar refractivity (Wildman–Crippen MR) is 65.8 cm³/mol. The lowest BCUT2D eigenvalue weighted by molar-refractivity contribution is 0.174. The molecule has 17 heavy (non-hydrogen) atoms. The van der Waals surface area contributed by atoms with E-state index in [1.54, 1.807) is 0 Å². The average molecular weight is 237 g/mol. The van der Waals surface area contributed by atoms with Gasteiger partial charge in [0.1, 0.15) is 0 Å². The number of hydrogen-bond donors (Lipinski definition) is 2. The van der Waals surface area contributed by atoms with E-state index >= 15 is 0 Å². The molecule has 1 aromatic carbocycles. The molecule has 1 aromatic rings. The van der Waals surface area contributed by atoms with Crippen LogP contribution in [0, 0.1) is 6.92 Å². The third-order valence-electron chi connectivity index (χ3n) is 2.96. The Kier molecular flexibility index (Phi) is 3.83. The maximum atomic E-state index is 5.38. The van der Waals surface area contributed by atoms with Crippen molar-refractivity contribution >= 4 is 0 Å². The van der Waals surface area contributed by atoms with Gasteiger partial charge >= 0.3 is 0 Å². The monoisotopic (exact) mass is 237 g/mol. The Labute approximate surface area is 101 Å². The summed E-state index contributed by atoms with van der Waals surface area (Å²) in [5, 5.41) is 0. The minimum atomic E-state index is 0.329. The summed E-state index contributed by atoms with van der Waals surface area (Å²) in [6.45, 7) is 4.06. The van der Waals surface area contributed by atoms with Crippen LogP contribution in [-0.2, 0) is 6.42 Å². The Morgan fingerprint density at radius 3 is 2.76 bits per heavy atom. The van der Waals surface area contributed by atoms with Crippen LogP contribution in [0.5, 0.6) is 11.5 Å². The Bertz CT molecular complexity index is 396. The van der Waals surface area contributed by atoms with Gasteiger partial charge in [-0.2, -0.15) is 0 Å². The molecule has 0 aliphatic carbocycles. The molecule has 0 radical (unpaired) electrons. The Morgan fingerprint density at radius 2 is 2.06 bits per heavy atom. The fourth-order valence-corrected chi connectivity index (χ4v) is 1.90. The molecular weight excluding hydrogens is 218 g/mol. The number of hydrazine groups is 1. The summed E-state index contributed by atoms with van der Waals surface area (Å²) in [4.78, 5) is 2.13. The van der Waals surface area contributed by atoms with Crippen LogP contribution in [0.2, 0.25) is 0 Å². The molecular formula is C12H19N3O2. The summed E-state index contributed by atoms with van der Waals surface area (Å²) in [6, 6.07) is 4.11. The summed E-state index contributed by atoms with van der Waals surface area (Å²) >= 11 is 0. The molecule has 1 aliphatic heterocycles. The molecule has 0 bridgehead atoms. The number of ether oxygens (including phenoxy) is 2. The van der Waals surface area contributed by atoms with Gasteiger partial charge in [0.05, 0.1) is 6.67 Å². The highest BCUT2D eigenvalue weighted by molar-refractivity contribution is 5.48. The third kappa shape index (κ3) is 2.88. The second kappa shape index (κ2) is 5.35. The van der Waals surface area contributed by atoms with E-state index in [1.165, 1.54) is 11.1 Å². The van der Waals surface area contributed by atoms with Crippen LogP contribution < -0.4 is 20.7 Å². The summed E-state index contributed by atoms with van der Waals surface area (Å²) in [7, 11) is 2.03. The van der Waals surface area contributed by atoms with E-state index in [0.717, 1.165) is 24.5 Å². The van der Waals surface area contributed by atoms with Crippen LogP contribution in [-0.4, -0.2) is 32.0 Å². The lowest BCUT2D eigenvalue weighted by Crippen LogP contribution is -2.36. The van der Waals surface area contributed by atoms with Gasteiger partial charge in [-0.15, -0.1) is 0 Å². The molecule has 3 N–H and O–H groups in total. The van der Waals surface area contributed by atoms with Crippen molar-refractivity contribution in [1.82, 2.24) is 10.3 Å². The van der Waals surface area contributed by atoms with Gasteiger partial charge in [0, 0.05) is 6.54 Å². The van der Waals surface area contributed by atoms with Crippen molar-refractivity contribution in [2.24, 2.45) is 5.84 Å². The summed E-state index contributed by atoms with van der Waals surface area (Å²) in [5.41, 5.74) is 5.17. The van der Waals surface area contributed by atoms with E-state index in [2.05, 4.69) is 23.3 Å². The molecule has 0 fully saturated rings. The van der Waals surface area contributed by atoms with Crippen LogP contribution in [0.15, 0.2) is 12.1 Å². The molecule has 1 aliphatic rings. The summed E-state index contributed by atoms with van der Waals surface area (Å²) < 4.78 is 10.7. The number of nitrogens with two attached hydrogens (primary N) is 1. The molecule has 5 nitrogen and oxygen atoms in total. The van der Waals surface area contributed by atoms with Crippen molar-refractivity contribution in [3.8, 4) is 11.5 Å². The largest absolute Gasteiger partial charge is 0.454 e. The van der Waals surface area contributed by atoms with Crippen molar-refractivity contribution in [3.05, 3.63) is 23.3 Å². The lowest BCUT2D eigenvalue weighted by atomic mass is 10.0. The normalized spacial score (nSPS) is 13.4. The van der Waals surface area contributed by atoms with Crippen molar-refractivity contribution in [1.29, 1.82) is 0 Å². The number of rotatable bonds is 5. The maximum absolute atomic E-state index is 5.38. The third-order valence-corrected chi connectivity index (χ3v) is 2.96. The zero-order valence-electron chi connectivity index (χ0n) is 10.3. The highest BCUT2D eigenvalue weighted by Gasteiger charge is 2.15. The van der Waals surface area contributed by atoms with Crippen LogP contribution >= 0.6 is 0 Å².